The average Bonchev–Trinajstić information content (AvgIpc) is 2.65. The monoisotopic (exact) mass is 444 g/mol. The minimum Gasteiger partial charge on any atom is -0.462 e. The van der Waals surface area contributed by atoms with E-state index in [-0.39, 0.29) is 17.4 Å². The van der Waals surface area contributed by atoms with E-state index in [0.29, 0.717) is 6.07 Å². The highest BCUT2D eigenvalue weighted by Gasteiger charge is 2.31. The lowest BCUT2D eigenvalue weighted by molar-refractivity contribution is -0.146. The van der Waals surface area contributed by atoms with Crippen LogP contribution >= 0.6 is 0 Å². The van der Waals surface area contributed by atoms with Crippen molar-refractivity contribution in [3.05, 3.63) is 59.7 Å². The molecule has 0 radical (unpaired) electrons. The lowest BCUT2D eigenvalue weighted by Gasteiger charge is -2.14. The number of nitrogens with one attached hydrogen (secondary N) is 2. The second-order valence-electron chi connectivity index (χ2n) is 6.40. The number of halogens is 3. The van der Waals surface area contributed by atoms with Crippen molar-refractivity contribution < 1.29 is 35.9 Å². The maximum absolute atomic E-state index is 12.9. The lowest BCUT2D eigenvalue weighted by atomic mass is 10.1. The molecule has 0 saturated carbocycles. The second kappa shape index (κ2) is 9.16. The first-order valence-corrected chi connectivity index (χ1v) is 10.2. The summed E-state index contributed by atoms with van der Waals surface area (Å²) in [5, 5.41) is 2.30. The van der Waals surface area contributed by atoms with Crippen LogP contribution in [0.1, 0.15) is 29.8 Å². The van der Waals surface area contributed by atoms with Crippen molar-refractivity contribution in [2.24, 2.45) is 0 Å². The lowest BCUT2D eigenvalue weighted by Crippen LogP contribution is -2.32. The van der Waals surface area contributed by atoms with Crippen molar-refractivity contribution in [1.82, 2.24) is 5.32 Å². The molecule has 0 unspecified atom stereocenters. The largest absolute Gasteiger partial charge is 0.462 e. The van der Waals surface area contributed by atoms with Crippen LogP contribution in [-0.2, 0) is 25.7 Å². The first-order chi connectivity index (χ1) is 13.9. The molecule has 30 heavy (non-hydrogen) atoms. The molecule has 0 spiro atoms. The fraction of sp³-hybridized carbons (Fsp3) is 0.263. The van der Waals surface area contributed by atoms with Gasteiger partial charge in [0.15, 0.2) is 0 Å². The molecule has 0 atom stereocenters. The number of carbonyl (C=O) groups is 2. The van der Waals surface area contributed by atoms with Crippen molar-refractivity contribution in [1.29, 1.82) is 0 Å². The van der Waals surface area contributed by atoms with Crippen molar-refractivity contribution >= 4 is 27.6 Å². The Morgan fingerprint density at radius 3 is 2.37 bits per heavy atom. The summed E-state index contributed by atoms with van der Waals surface area (Å²) in [6.07, 6.45) is -5.09. The average molecular weight is 444 g/mol. The van der Waals surface area contributed by atoms with Gasteiger partial charge in [-0.1, -0.05) is 18.2 Å². The molecule has 0 aromatic heterocycles. The van der Waals surface area contributed by atoms with Gasteiger partial charge in [0.05, 0.1) is 27.8 Å². The predicted molar refractivity (Wildman–Crippen MR) is 102 cm³/mol. The number of hydrogen-bond donors (Lipinski definition) is 2. The molecule has 0 aliphatic heterocycles. The fourth-order valence-corrected chi connectivity index (χ4v) is 3.49. The van der Waals surface area contributed by atoms with Crippen molar-refractivity contribution in [3.63, 3.8) is 0 Å². The van der Waals surface area contributed by atoms with Gasteiger partial charge in [-0.25, -0.2) is 8.42 Å². The van der Waals surface area contributed by atoms with E-state index in [2.05, 4.69) is 10.0 Å². The molecular formula is C19H19F3N2O5S. The quantitative estimate of drug-likeness (QED) is 0.639. The van der Waals surface area contributed by atoms with Crippen LogP contribution in [0.25, 0.3) is 0 Å². The third kappa shape index (κ3) is 6.21. The van der Waals surface area contributed by atoms with E-state index in [0.717, 1.165) is 18.2 Å². The third-order valence-corrected chi connectivity index (χ3v) is 5.01. The van der Waals surface area contributed by atoms with Gasteiger partial charge in [-0.05, 0) is 44.2 Å². The van der Waals surface area contributed by atoms with Gasteiger partial charge in [-0.3, -0.25) is 14.3 Å². The molecule has 0 bridgehead atoms. The molecule has 1 amide bonds. The van der Waals surface area contributed by atoms with Gasteiger partial charge in [0.25, 0.3) is 15.9 Å². The van der Waals surface area contributed by atoms with Gasteiger partial charge in [0, 0.05) is 0 Å². The molecule has 2 rings (SSSR count). The normalized spacial score (nSPS) is 11.8. The zero-order valence-corrected chi connectivity index (χ0v) is 16.8. The zero-order valence-electron chi connectivity index (χ0n) is 16.0. The summed E-state index contributed by atoms with van der Waals surface area (Å²) >= 11 is 0. The number of carbonyl (C=O) groups excluding carboxylic acids is 2. The van der Waals surface area contributed by atoms with Gasteiger partial charge < -0.3 is 10.1 Å². The Morgan fingerprint density at radius 1 is 1.07 bits per heavy atom. The highest BCUT2D eigenvalue weighted by atomic mass is 32.2. The Morgan fingerprint density at radius 2 is 1.73 bits per heavy atom. The van der Waals surface area contributed by atoms with Crippen molar-refractivity contribution in [3.8, 4) is 0 Å². The number of anilines is 1. The standard InChI is InChI=1S/C19H19F3N2O5S/c1-12(2)29-17(25)11-23-18(26)15-8-3-4-9-16(15)24-30(27,28)14-7-5-6-13(10-14)19(20,21)22/h3-10,12,24H,11H2,1-2H3,(H,23,26). The number of alkyl halides is 3. The summed E-state index contributed by atoms with van der Waals surface area (Å²) in [7, 11) is -4.42. The number of amides is 1. The smallest absolute Gasteiger partial charge is 0.416 e. The molecule has 162 valence electrons. The van der Waals surface area contributed by atoms with Crippen LogP contribution in [0.3, 0.4) is 0 Å². The highest BCUT2D eigenvalue weighted by molar-refractivity contribution is 7.92. The summed E-state index contributed by atoms with van der Waals surface area (Å²) in [5.41, 5.74) is -1.41. The molecule has 0 heterocycles. The molecule has 2 aromatic carbocycles. The maximum atomic E-state index is 12.9. The Kier molecular flexibility index (Phi) is 7.08. The molecule has 2 aromatic rings. The number of esters is 1. The number of hydrogen-bond acceptors (Lipinski definition) is 5. The van der Waals surface area contributed by atoms with Crippen LogP contribution in [0.4, 0.5) is 18.9 Å². The van der Waals surface area contributed by atoms with Gasteiger partial charge in [0.1, 0.15) is 6.54 Å². The van der Waals surface area contributed by atoms with Gasteiger partial charge in [0.2, 0.25) is 0 Å². The molecule has 11 heteroatoms. The number of para-hydroxylation sites is 1. The van der Waals surface area contributed by atoms with E-state index in [1.54, 1.807) is 13.8 Å². The predicted octanol–water partition coefficient (Wildman–Crippen LogP) is 3.19. The zero-order chi connectivity index (χ0) is 22.5. The number of ether oxygens (including phenoxy) is 1. The minimum atomic E-state index is -4.71. The van der Waals surface area contributed by atoms with E-state index in [1.165, 1.54) is 24.3 Å². The topological polar surface area (TPSA) is 102 Å². The SMILES string of the molecule is CC(C)OC(=O)CNC(=O)c1ccccc1NS(=O)(=O)c1cccc(C(F)(F)F)c1. The number of sulfonamides is 1. The van der Waals surface area contributed by atoms with E-state index < -0.39 is 45.1 Å². The minimum absolute atomic E-state index is 0.120. The molecule has 0 fully saturated rings. The van der Waals surface area contributed by atoms with Gasteiger partial charge >= 0.3 is 12.1 Å². The Hall–Kier alpha value is -3.08. The van der Waals surface area contributed by atoms with E-state index in [4.69, 9.17) is 4.74 Å². The summed E-state index contributed by atoms with van der Waals surface area (Å²) in [6.45, 7) is 2.83. The third-order valence-electron chi connectivity index (χ3n) is 3.65. The van der Waals surface area contributed by atoms with Crippen LogP contribution in [0.5, 0.6) is 0 Å². The molecule has 0 aliphatic carbocycles. The van der Waals surface area contributed by atoms with E-state index >= 15 is 0 Å². The molecule has 0 saturated heterocycles. The van der Waals surface area contributed by atoms with Gasteiger partial charge in [-0.15, -0.1) is 0 Å². The van der Waals surface area contributed by atoms with Gasteiger partial charge in [-0.2, -0.15) is 13.2 Å². The molecular weight excluding hydrogens is 425 g/mol. The number of benzene rings is 2. The Labute approximate surface area is 171 Å². The summed E-state index contributed by atoms with van der Waals surface area (Å²) in [4.78, 5) is 23.3. The summed E-state index contributed by atoms with van der Waals surface area (Å²) in [5.74, 6) is -1.45. The second-order valence-corrected chi connectivity index (χ2v) is 8.08. The van der Waals surface area contributed by atoms with Crippen LogP contribution in [0.15, 0.2) is 53.4 Å². The molecule has 7 nitrogen and oxygen atoms in total. The van der Waals surface area contributed by atoms with E-state index in [1.807, 2.05) is 0 Å². The number of rotatable bonds is 7. The Balaban J connectivity index is 2.23. The molecule has 2 N–H and O–H groups in total. The highest BCUT2D eigenvalue weighted by Crippen LogP contribution is 2.31. The van der Waals surface area contributed by atoms with Crippen LogP contribution < -0.4 is 10.0 Å². The van der Waals surface area contributed by atoms with Crippen LogP contribution in [0.2, 0.25) is 0 Å². The first-order valence-electron chi connectivity index (χ1n) is 8.67. The summed E-state index contributed by atoms with van der Waals surface area (Å²) < 4.78 is 70.7. The maximum Gasteiger partial charge on any atom is 0.416 e. The van der Waals surface area contributed by atoms with Crippen LogP contribution in [-0.4, -0.2) is 32.9 Å². The molecule has 0 aliphatic rings. The van der Waals surface area contributed by atoms with Crippen molar-refractivity contribution in [2.45, 2.75) is 31.0 Å². The van der Waals surface area contributed by atoms with Crippen LogP contribution in [0, 0.1) is 0 Å². The van der Waals surface area contributed by atoms with E-state index in [9.17, 15) is 31.2 Å². The first kappa shape index (κ1) is 23.2. The van der Waals surface area contributed by atoms with Crippen molar-refractivity contribution in [2.75, 3.05) is 11.3 Å². The Bertz CT molecular complexity index is 1040. The fourth-order valence-electron chi connectivity index (χ4n) is 2.37. The summed E-state index contributed by atoms with van der Waals surface area (Å²) in [6, 6.07) is 8.68.